The van der Waals surface area contributed by atoms with Crippen molar-refractivity contribution < 1.29 is 14.6 Å². The monoisotopic (exact) mass is 289 g/mol. The van der Waals surface area contributed by atoms with E-state index in [1.807, 2.05) is 31.4 Å². The molecule has 1 aromatic heterocycles. The molecule has 0 saturated carbocycles. The summed E-state index contributed by atoms with van der Waals surface area (Å²) in [6, 6.07) is 3.81. The highest BCUT2D eigenvalue weighted by Gasteiger charge is 2.07. The van der Waals surface area contributed by atoms with Crippen LogP contribution in [0.2, 0.25) is 0 Å². The van der Waals surface area contributed by atoms with Gasteiger partial charge in [-0.15, -0.1) is 11.3 Å². The summed E-state index contributed by atoms with van der Waals surface area (Å²) in [5, 5.41) is 11.5. The highest BCUT2D eigenvalue weighted by molar-refractivity contribution is 7.09. The Bertz CT molecular complexity index is 610. The van der Waals surface area contributed by atoms with E-state index in [0.29, 0.717) is 6.61 Å². The van der Waals surface area contributed by atoms with E-state index in [2.05, 4.69) is 4.98 Å². The lowest BCUT2D eigenvalue weighted by Crippen LogP contribution is -1.99. The molecule has 0 aliphatic heterocycles. The second-order valence-corrected chi connectivity index (χ2v) is 5.35. The fourth-order valence-electron chi connectivity index (χ4n) is 1.93. The number of carboxylic acid groups (broad SMARTS) is 1. The zero-order valence-electron chi connectivity index (χ0n) is 11.3. The number of carboxylic acids is 1. The van der Waals surface area contributed by atoms with Crippen LogP contribution in [0.3, 0.4) is 0 Å². The third kappa shape index (κ3) is 3.68. The minimum absolute atomic E-state index is 0.448. The van der Waals surface area contributed by atoms with E-state index < -0.39 is 5.97 Å². The Balaban J connectivity index is 2.16. The molecule has 0 spiro atoms. The summed E-state index contributed by atoms with van der Waals surface area (Å²) >= 11 is 1.56. The summed E-state index contributed by atoms with van der Waals surface area (Å²) in [6.07, 6.45) is 4.46. The molecule has 1 aromatic carbocycles. The zero-order valence-corrected chi connectivity index (χ0v) is 12.1. The molecule has 20 heavy (non-hydrogen) atoms. The SMILES string of the molecule is Cc1cc(/C=C/C(=O)O)cc(C)c1OCc1nccs1. The van der Waals surface area contributed by atoms with E-state index in [9.17, 15) is 4.79 Å². The molecule has 2 aromatic rings. The van der Waals surface area contributed by atoms with Gasteiger partial charge in [0, 0.05) is 17.7 Å². The van der Waals surface area contributed by atoms with Crippen molar-refractivity contribution in [3.05, 3.63) is 51.5 Å². The summed E-state index contributed by atoms with van der Waals surface area (Å²) in [5.74, 6) is -0.128. The van der Waals surface area contributed by atoms with E-state index in [0.717, 1.165) is 33.5 Å². The molecule has 2 rings (SSSR count). The summed E-state index contributed by atoms with van der Waals surface area (Å²) in [5.41, 5.74) is 2.81. The maximum Gasteiger partial charge on any atom is 0.328 e. The fourth-order valence-corrected chi connectivity index (χ4v) is 2.46. The van der Waals surface area contributed by atoms with Crippen molar-refractivity contribution in [3.8, 4) is 5.75 Å². The number of aromatic nitrogens is 1. The van der Waals surface area contributed by atoms with Gasteiger partial charge < -0.3 is 9.84 Å². The van der Waals surface area contributed by atoms with Crippen molar-refractivity contribution in [2.75, 3.05) is 0 Å². The molecule has 1 N–H and O–H groups in total. The number of hydrogen-bond donors (Lipinski definition) is 1. The number of ether oxygens (including phenoxy) is 1. The van der Waals surface area contributed by atoms with E-state index in [1.165, 1.54) is 0 Å². The topological polar surface area (TPSA) is 59.4 Å². The molecule has 5 heteroatoms. The molecule has 104 valence electrons. The fraction of sp³-hybridized carbons (Fsp3) is 0.200. The quantitative estimate of drug-likeness (QED) is 0.857. The second-order valence-electron chi connectivity index (χ2n) is 4.37. The van der Waals surface area contributed by atoms with Crippen LogP contribution in [-0.2, 0) is 11.4 Å². The van der Waals surface area contributed by atoms with Gasteiger partial charge in [0.15, 0.2) is 0 Å². The third-order valence-electron chi connectivity index (χ3n) is 2.72. The second kappa shape index (κ2) is 6.34. The van der Waals surface area contributed by atoms with Crippen LogP contribution < -0.4 is 4.74 Å². The third-order valence-corrected chi connectivity index (χ3v) is 3.48. The molecule has 0 saturated heterocycles. The van der Waals surface area contributed by atoms with Gasteiger partial charge in [-0.05, 0) is 48.7 Å². The largest absolute Gasteiger partial charge is 0.486 e. The molecule has 0 radical (unpaired) electrons. The normalized spacial score (nSPS) is 10.9. The Hall–Kier alpha value is -2.14. The number of aliphatic carboxylic acids is 1. The van der Waals surface area contributed by atoms with Gasteiger partial charge in [-0.3, -0.25) is 0 Å². The lowest BCUT2D eigenvalue weighted by molar-refractivity contribution is -0.131. The highest BCUT2D eigenvalue weighted by Crippen LogP contribution is 2.26. The Kier molecular flexibility index (Phi) is 4.53. The maximum absolute atomic E-state index is 10.5. The summed E-state index contributed by atoms with van der Waals surface area (Å²) in [4.78, 5) is 14.7. The summed E-state index contributed by atoms with van der Waals surface area (Å²) in [7, 11) is 0. The van der Waals surface area contributed by atoms with Gasteiger partial charge in [0.2, 0.25) is 0 Å². The van der Waals surface area contributed by atoms with E-state index in [-0.39, 0.29) is 0 Å². The smallest absolute Gasteiger partial charge is 0.328 e. The Morgan fingerprint density at radius 1 is 1.40 bits per heavy atom. The van der Waals surface area contributed by atoms with Crippen LogP contribution in [0.15, 0.2) is 29.8 Å². The molecular formula is C15H15NO3S. The minimum Gasteiger partial charge on any atom is -0.486 e. The van der Waals surface area contributed by atoms with Crippen molar-refractivity contribution in [1.82, 2.24) is 4.98 Å². The van der Waals surface area contributed by atoms with Gasteiger partial charge in [0.05, 0.1) is 0 Å². The van der Waals surface area contributed by atoms with Gasteiger partial charge in [0.1, 0.15) is 17.4 Å². The van der Waals surface area contributed by atoms with Gasteiger partial charge in [-0.25, -0.2) is 9.78 Å². The molecule has 0 amide bonds. The number of benzene rings is 1. The molecule has 1 heterocycles. The van der Waals surface area contributed by atoms with Crippen LogP contribution in [0.1, 0.15) is 21.7 Å². The Morgan fingerprint density at radius 3 is 2.65 bits per heavy atom. The van der Waals surface area contributed by atoms with Gasteiger partial charge in [-0.1, -0.05) is 0 Å². The Morgan fingerprint density at radius 2 is 2.10 bits per heavy atom. The van der Waals surface area contributed by atoms with Gasteiger partial charge >= 0.3 is 5.97 Å². The predicted molar refractivity (Wildman–Crippen MR) is 79.0 cm³/mol. The first kappa shape index (κ1) is 14.3. The average Bonchev–Trinajstić information content (AvgIpc) is 2.88. The predicted octanol–water partition coefficient (Wildman–Crippen LogP) is 3.44. The van der Waals surface area contributed by atoms with Crippen molar-refractivity contribution in [3.63, 3.8) is 0 Å². The van der Waals surface area contributed by atoms with Crippen LogP contribution in [0, 0.1) is 13.8 Å². The summed E-state index contributed by atoms with van der Waals surface area (Å²) in [6.45, 7) is 4.34. The molecule has 0 aliphatic carbocycles. The van der Waals surface area contributed by atoms with Crippen LogP contribution in [0.25, 0.3) is 6.08 Å². The van der Waals surface area contributed by atoms with Gasteiger partial charge in [0.25, 0.3) is 0 Å². The first-order valence-electron chi connectivity index (χ1n) is 6.09. The lowest BCUT2D eigenvalue weighted by Gasteiger charge is -2.12. The molecule has 0 aliphatic rings. The molecular weight excluding hydrogens is 274 g/mol. The number of aryl methyl sites for hydroxylation is 2. The zero-order chi connectivity index (χ0) is 14.5. The molecule has 4 nitrogen and oxygen atoms in total. The number of nitrogens with zero attached hydrogens (tertiary/aromatic N) is 1. The Labute approximate surface area is 121 Å². The first-order valence-corrected chi connectivity index (χ1v) is 6.97. The first-order chi connectivity index (χ1) is 9.56. The van der Waals surface area contributed by atoms with E-state index in [4.69, 9.17) is 9.84 Å². The number of hydrogen-bond acceptors (Lipinski definition) is 4. The standard InChI is InChI=1S/C15H15NO3S/c1-10-7-12(3-4-14(17)18)8-11(2)15(10)19-9-13-16-5-6-20-13/h3-8H,9H2,1-2H3,(H,17,18)/b4-3+. The molecule has 0 bridgehead atoms. The van der Waals surface area contributed by atoms with Crippen LogP contribution in [-0.4, -0.2) is 16.1 Å². The van der Waals surface area contributed by atoms with Gasteiger partial charge in [-0.2, -0.15) is 0 Å². The molecule has 0 unspecified atom stereocenters. The van der Waals surface area contributed by atoms with Crippen LogP contribution in [0.4, 0.5) is 0 Å². The van der Waals surface area contributed by atoms with Crippen LogP contribution in [0.5, 0.6) is 5.75 Å². The number of carbonyl (C=O) groups is 1. The molecule has 0 fully saturated rings. The lowest BCUT2D eigenvalue weighted by atomic mass is 10.1. The number of thiazole rings is 1. The number of rotatable bonds is 5. The van der Waals surface area contributed by atoms with Crippen molar-refractivity contribution >= 4 is 23.4 Å². The highest BCUT2D eigenvalue weighted by atomic mass is 32.1. The van der Waals surface area contributed by atoms with Crippen molar-refractivity contribution in [1.29, 1.82) is 0 Å². The van der Waals surface area contributed by atoms with Crippen LogP contribution >= 0.6 is 11.3 Å². The summed E-state index contributed by atoms with van der Waals surface area (Å²) < 4.78 is 5.80. The van der Waals surface area contributed by atoms with Crippen molar-refractivity contribution in [2.45, 2.75) is 20.5 Å². The van der Waals surface area contributed by atoms with E-state index in [1.54, 1.807) is 23.6 Å². The van der Waals surface area contributed by atoms with E-state index >= 15 is 0 Å². The minimum atomic E-state index is -0.954. The maximum atomic E-state index is 10.5. The average molecular weight is 289 g/mol. The van der Waals surface area contributed by atoms with Crippen molar-refractivity contribution in [2.24, 2.45) is 0 Å². The molecule has 0 atom stereocenters.